The standard InChI is InChI=1S/C14H20N4/c1-2-10-4-3-5-12(6-10)18-14-13(16)7-11(8-15)9-17-14/h7,9-10,12H,2-6,16H2,1H3,(H,17,18). The van der Waals surface area contributed by atoms with Crippen LogP contribution in [0.5, 0.6) is 0 Å². The fraction of sp³-hybridized carbons (Fsp3) is 0.571. The lowest BCUT2D eigenvalue weighted by atomic mass is 9.84. The summed E-state index contributed by atoms with van der Waals surface area (Å²) in [6.07, 6.45) is 7.79. The van der Waals surface area contributed by atoms with Crippen molar-refractivity contribution in [1.82, 2.24) is 4.98 Å². The molecule has 2 rings (SSSR count). The Kier molecular flexibility index (Phi) is 4.03. The average Bonchev–Trinajstić information content (AvgIpc) is 2.41. The number of nitrogens with two attached hydrogens (primary N) is 1. The van der Waals surface area contributed by atoms with Crippen molar-refractivity contribution >= 4 is 11.5 Å². The summed E-state index contributed by atoms with van der Waals surface area (Å²) in [6, 6.07) is 4.18. The van der Waals surface area contributed by atoms with E-state index in [9.17, 15) is 0 Å². The summed E-state index contributed by atoms with van der Waals surface area (Å²) in [5.41, 5.74) is 6.98. The van der Waals surface area contributed by atoms with Gasteiger partial charge in [0, 0.05) is 12.2 Å². The van der Waals surface area contributed by atoms with Crippen LogP contribution in [0.25, 0.3) is 0 Å². The molecule has 96 valence electrons. The van der Waals surface area contributed by atoms with Gasteiger partial charge in [0.05, 0.1) is 11.3 Å². The lowest BCUT2D eigenvalue weighted by molar-refractivity contribution is 0.327. The van der Waals surface area contributed by atoms with E-state index in [1.165, 1.54) is 32.1 Å². The maximum absolute atomic E-state index is 8.78. The Morgan fingerprint density at radius 2 is 2.39 bits per heavy atom. The van der Waals surface area contributed by atoms with Gasteiger partial charge in [0.25, 0.3) is 0 Å². The number of nitrogens with zero attached hydrogens (tertiary/aromatic N) is 2. The number of rotatable bonds is 3. The number of nitrogen functional groups attached to an aromatic ring is 1. The van der Waals surface area contributed by atoms with E-state index in [-0.39, 0.29) is 0 Å². The Morgan fingerprint density at radius 1 is 1.56 bits per heavy atom. The van der Waals surface area contributed by atoms with Gasteiger partial charge in [-0.15, -0.1) is 0 Å². The van der Waals surface area contributed by atoms with Crippen molar-refractivity contribution in [1.29, 1.82) is 5.26 Å². The molecule has 4 heteroatoms. The zero-order valence-corrected chi connectivity index (χ0v) is 10.8. The maximum atomic E-state index is 8.78. The highest BCUT2D eigenvalue weighted by molar-refractivity contribution is 5.63. The Labute approximate surface area is 108 Å². The zero-order chi connectivity index (χ0) is 13.0. The molecule has 18 heavy (non-hydrogen) atoms. The van der Waals surface area contributed by atoms with Crippen molar-refractivity contribution < 1.29 is 0 Å². The first-order valence-corrected chi connectivity index (χ1v) is 6.65. The lowest BCUT2D eigenvalue weighted by Crippen LogP contribution is -2.27. The van der Waals surface area contributed by atoms with Gasteiger partial charge in [0.1, 0.15) is 11.9 Å². The molecule has 4 nitrogen and oxygen atoms in total. The number of aromatic nitrogens is 1. The number of anilines is 2. The van der Waals surface area contributed by atoms with Gasteiger partial charge in [-0.1, -0.05) is 26.2 Å². The van der Waals surface area contributed by atoms with E-state index >= 15 is 0 Å². The van der Waals surface area contributed by atoms with Crippen LogP contribution in [0, 0.1) is 17.2 Å². The Balaban J connectivity index is 2.03. The van der Waals surface area contributed by atoms with Crippen LogP contribution in [0.4, 0.5) is 11.5 Å². The first-order valence-electron chi connectivity index (χ1n) is 6.65. The van der Waals surface area contributed by atoms with E-state index < -0.39 is 0 Å². The number of pyridine rings is 1. The number of hydrogen-bond donors (Lipinski definition) is 2. The van der Waals surface area contributed by atoms with Crippen molar-refractivity contribution in [3.05, 3.63) is 17.8 Å². The summed E-state index contributed by atoms with van der Waals surface area (Å²) in [7, 11) is 0. The molecule has 1 aromatic rings. The van der Waals surface area contributed by atoms with Crippen LogP contribution in [0.2, 0.25) is 0 Å². The molecule has 1 heterocycles. The molecule has 0 bridgehead atoms. The predicted molar refractivity (Wildman–Crippen MR) is 73.0 cm³/mol. The molecule has 0 amide bonds. The zero-order valence-electron chi connectivity index (χ0n) is 10.8. The summed E-state index contributed by atoms with van der Waals surface area (Å²) in [5.74, 6) is 1.53. The first-order chi connectivity index (χ1) is 8.72. The second kappa shape index (κ2) is 5.72. The minimum absolute atomic E-state index is 0.464. The van der Waals surface area contributed by atoms with Gasteiger partial charge in [-0.2, -0.15) is 5.26 Å². The number of nitrogens with one attached hydrogen (secondary N) is 1. The molecule has 3 N–H and O–H groups in total. The summed E-state index contributed by atoms with van der Waals surface area (Å²) >= 11 is 0. The van der Waals surface area contributed by atoms with Crippen LogP contribution >= 0.6 is 0 Å². The first kappa shape index (κ1) is 12.7. The Morgan fingerprint density at radius 3 is 3.06 bits per heavy atom. The Bertz CT molecular complexity index is 450. The molecule has 2 atom stereocenters. The second-order valence-corrected chi connectivity index (χ2v) is 5.06. The average molecular weight is 244 g/mol. The topological polar surface area (TPSA) is 74.7 Å². The normalized spacial score (nSPS) is 23.3. The molecule has 0 radical (unpaired) electrons. The van der Waals surface area contributed by atoms with Crippen molar-refractivity contribution in [3.63, 3.8) is 0 Å². The monoisotopic (exact) mass is 244 g/mol. The molecule has 1 aromatic heterocycles. The van der Waals surface area contributed by atoms with E-state index in [0.29, 0.717) is 17.3 Å². The van der Waals surface area contributed by atoms with E-state index in [1.807, 2.05) is 6.07 Å². The van der Waals surface area contributed by atoms with Crippen molar-refractivity contribution in [2.45, 2.75) is 45.1 Å². The molecular weight excluding hydrogens is 224 g/mol. The van der Waals surface area contributed by atoms with E-state index in [1.54, 1.807) is 12.3 Å². The summed E-state index contributed by atoms with van der Waals surface area (Å²) in [6.45, 7) is 2.25. The third-order valence-corrected chi connectivity index (χ3v) is 3.75. The van der Waals surface area contributed by atoms with Crippen LogP contribution in [0.3, 0.4) is 0 Å². The van der Waals surface area contributed by atoms with Crippen LogP contribution in [-0.4, -0.2) is 11.0 Å². The van der Waals surface area contributed by atoms with Crippen LogP contribution < -0.4 is 11.1 Å². The summed E-state index contributed by atoms with van der Waals surface area (Å²) in [5, 5.41) is 12.2. The minimum Gasteiger partial charge on any atom is -0.396 e. The van der Waals surface area contributed by atoms with Gasteiger partial charge in [-0.05, 0) is 24.8 Å². The smallest absolute Gasteiger partial charge is 0.149 e. The molecule has 2 unspecified atom stereocenters. The molecule has 1 aliphatic rings. The summed E-state index contributed by atoms with van der Waals surface area (Å²) in [4.78, 5) is 4.24. The third kappa shape index (κ3) is 2.92. The molecule has 1 saturated carbocycles. The van der Waals surface area contributed by atoms with E-state index in [2.05, 4.69) is 17.2 Å². The van der Waals surface area contributed by atoms with Gasteiger partial charge >= 0.3 is 0 Å². The second-order valence-electron chi connectivity index (χ2n) is 5.06. The highest BCUT2D eigenvalue weighted by Gasteiger charge is 2.21. The quantitative estimate of drug-likeness (QED) is 0.857. The van der Waals surface area contributed by atoms with E-state index in [0.717, 1.165) is 11.7 Å². The van der Waals surface area contributed by atoms with Crippen molar-refractivity contribution in [3.8, 4) is 6.07 Å². The molecular formula is C14H20N4. The van der Waals surface area contributed by atoms with Gasteiger partial charge in [-0.3, -0.25) is 0 Å². The third-order valence-electron chi connectivity index (χ3n) is 3.75. The van der Waals surface area contributed by atoms with Gasteiger partial charge in [0.15, 0.2) is 0 Å². The fourth-order valence-corrected chi connectivity index (χ4v) is 2.65. The van der Waals surface area contributed by atoms with Crippen LogP contribution in [-0.2, 0) is 0 Å². The van der Waals surface area contributed by atoms with Gasteiger partial charge < -0.3 is 11.1 Å². The van der Waals surface area contributed by atoms with Gasteiger partial charge in [0.2, 0.25) is 0 Å². The number of nitriles is 1. The summed E-state index contributed by atoms with van der Waals surface area (Å²) < 4.78 is 0. The lowest BCUT2D eigenvalue weighted by Gasteiger charge is -2.29. The minimum atomic E-state index is 0.464. The van der Waals surface area contributed by atoms with Crippen LogP contribution in [0.1, 0.15) is 44.6 Å². The molecule has 1 fully saturated rings. The molecule has 0 aliphatic heterocycles. The van der Waals surface area contributed by atoms with E-state index in [4.69, 9.17) is 11.0 Å². The highest BCUT2D eigenvalue weighted by Crippen LogP contribution is 2.29. The molecule has 1 aliphatic carbocycles. The maximum Gasteiger partial charge on any atom is 0.149 e. The molecule has 0 aromatic carbocycles. The number of hydrogen-bond acceptors (Lipinski definition) is 4. The van der Waals surface area contributed by atoms with Crippen molar-refractivity contribution in [2.24, 2.45) is 5.92 Å². The fourth-order valence-electron chi connectivity index (χ4n) is 2.65. The molecule has 0 spiro atoms. The predicted octanol–water partition coefficient (Wildman–Crippen LogP) is 2.92. The Hall–Kier alpha value is -1.76. The SMILES string of the molecule is CCC1CCCC(Nc2ncc(C#N)cc2N)C1. The highest BCUT2D eigenvalue weighted by atomic mass is 15.0. The molecule has 0 saturated heterocycles. The largest absolute Gasteiger partial charge is 0.396 e. The van der Waals surface area contributed by atoms with Crippen LogP contribution in [0.15, 0.2) is 12.3 Å². The van der Waals surface area contributed by atoms with Crippen molar-refractivity contribution in [2.75, 3.05) is 11.1 Å². The van der Waals surface area contributed by atoms with Gasteiger partial charge in [-0.25, -0.2) is 4.98 Å².